The highest BCUT2D eigenvalue weighted by atomic mass is 14.3. The zero-order chi connectivity index (χ0) is 11.1. The van der Waals surface area contributed by atoms with Gasteiger partial charge in [-0.3, -0.25) is 5.41 Å². The molecule has 0 heterocycles. The minimum atomic E-state index is -0.0543. The molecule has 0 amide bonds. The molecular weight excluding hydrogens is 186 g/mol. The summed E-state index contributed by atoms with van der Waals surface area (Å²) in [7, 11) is 0. The molecule has 1 aromatic carbocycles. The molecule has 0 saturated carbocycles. The van der Waals surface area contributed by atoms with E-state index in [0.717, 1.165) is 5.56 Å². The second kappa shape index (κ2) is 5.19. The number of nitrogens with zero attached hydrogens (tertiary/aromatic N) is 2. The minimum absolute atomic E-state index is 0.0543. The van der Waals surface area contributed by atoms with E-state index in [1.807, 2.05) is 42.3 Å². The van der Waals surface area contributed by atoms with Gasteiger partial charge in [-0.15, -0.1) is 0 Å². The van der Waals surface area contributed by atoms with Gasteiger partial charge in [-0.2, -0.15) is 10.5 Å². The highest BCUT2D eigenvalue weighted by Crippen LogP contribution is 2.11. The van der Waals surface area contributed by atoms with Gasteiger partial charge in [0.25, 0.3) is 0 Å². The number of nitrogens with one attached hydrogen (secondary N) is 1. The number of hydrogen-bond donors (Lipinski definition) is 1. The van der Waals surface area contributed by atoms with Gasteiger partial charge in [0.1, 0.15) is 17.7 Å². The van der Waals surface area contributed by atoms with Crippen molar-refractivity contribution in [2.24, 2.45) is 0 Å². The molecule has 0 unspecified atom stereocenters. The normalized spacial score (nSPS) is 9.60. The fourth-order valence-corrected chi connectivity index (χ4v) is 1.03. The predicted molar refractivity (Wildman–Crippen MR) is 56.9 cm³/mol. The topological polar surface area (TPSA) is 71.4 Å². The largest absolute Gasteiger partial charge is 0.258 e. The zero-order valence-electron chi connectivity index (χ0n) is 7.86. The molecule has 0 bridgehead atoms. The lowest BCUT2D eigenvalue weighted by molar-refractivity contribution is 1.45. The second-order valence-corrected chi connectivity index (χ2v) is 2.69. The van der Waals surface area contributed by atoms with Crippen LogP contribution in [0.15, 0.2) is 41.5 Å². The number of rotatable bonds is 2. The highest BCUT2D eigenvalue weighted by molar-refractivity contribution is 5.77. The number of benzene rings is 1. The highest BCUT2D eigenvalue weighted by Gasteiger charge is 2.02. The molecule has 0 aromatic heterocycles. The maximum Gasteiger partial charge on any atom is 0.130 e. The van der Waals surface area contributed by atoms with Gasteiger partial charge in [-0.05, 0) is 17.5 Å². The molecule has 15 heavy (non-hydrogen) atoms. The van der Waals surface area contributed by atoms with Crippen molar-refractivity contribution in [3.05, 3.63) is 47.0 Å². The molecule has 3 nitrogen and oxygen atoms in total. The Bertz CT molecular complexity index is 506. The van der Waals surface area contributed by atoms with Crippen molar-refractivity contribution in [2.45, 2.75) is 0 Å². The van der Waals surface area contributed by atoms with Crippen LogP contribution in [0.2, 0.25) is 0 Å². The van der Waals surface area contributed by atoms with Crippen LogP contribution < -0.4 is 0 Å². The summed E-state index contributed by atoms with van der Waals surface area (Å²) in [5.41, 5.74) is 0.914. The Morgan fingerprint density at radius 3 is 2.27 bits per heavy atom. The van der Waals surface area contributed by atoms with E-state index < -0.39 is 0 Å². The van der Waals surface area contributed by atoms with Crippen LogP contribution in [0.4, 0.5) is 0 Å². The SMILES string of the molecule is N#CC(=C=N)/C(C#N)=C/c1ccccc1. The zero-order valence-corrected chi connectivity index (χ0v) is 7.86. The maximum absolute atomic E-state index is 8.81. The van der Waals surface area contributed by atoms with Gasteiger partial charge in [0.2, 0.25) is 0 Å². The lowest BCUT2D eigenvalue weighted by Crippen LogP contribution is -1.84. The third-order valence-corrected chi connectivity index (χ3v) is 1.74. The van der Waals surface area contributed by atoms with Crippen LogP contribution in [0.25, 0.3) is 6.08 Å². The molecule has 0 aliphatic carbocycles. The molecule has 0 atom stereocenters. The van der Waals surface area contributed by atoms with E-state index in [1.54, 1.807) is 12.1 Å². The first-order valence-corrected chi connectivity index (χ1v) is 4.19. The molecule has 0 aliphatic rings. The summed E-state index contributed by atoms with van der Waals surface area (Å²) >= 11 is 0. The molecule has 0 radical (unpaired) electrons. The molecule has 3 heteroatoms. The third kappa shape index (κ3) is 2.67. The maximum atomic E-state index is 8.81. The van der Waals surface area contributed by atoms with E-state index in [4.69, 9.17) is 15.9 Å². The Labute approximate surface area is 87.7 Å². The summed E-state index contributed by atoms with van der Waals surface area (Å²) in [6.07, 6.45) is 1.56. The average molecular weight is 193 g/mol. The van der Waals surface area contributed by atoms with Crippen molar-refractivity contribution >= 4 is 11.9 Å². The Kier molecular flexibility index (Phi) is 3.62. The summed E-state index contributed by atoms with van der Waals surface area (Å²) in [5, 5.41) is 24.3. The van der Waals surface area contributed by atoms with E-state index in [0.29, 0.717) is 0 Å². The van der Waals surface area contributed by atoms with Crippen molar-refractivity contribution in [1.82, 2.24) is 0 Å². The quantitative estimate of drug-likeness (QED) is 0.444. The molecule has 1 aromatic rings. The monoisotopic (exact) mass is 193 g/mol. The lowest BCUT2D eigenvalue weighted by Gasteiger charge is -1.93. The van der Waals surface area contributed by atoms with Crippen molar-refractivity contribution in [3.8, 4) is 12.1 Å². The average Bonchev–Trinajstić information content (AvgIpc) is 2.30. The molecule has 1 rings (SSSR count). The first kappa shape index (κ1) is 10.5. The smallest absolute Gasteiger partial charge is 0.130 e. The van der Waals surface area contributed by atoms with Gasteiger partial charge in [0.05, 0.1) is 5.57 Å². The van der Waals surface area contributed by atoms with Crippen LogP contribution >= 0.6 is 0 Å². The van der Waals surface area contributed by atoms with E-state index in [-0.39, 0.29) is 11.1 Å². The number of nitriles is 2. The van der Waals surface area contributed by atoms with E-state index in [9.17, 15) is 0 Å². The van der Waals surface area contributed by atoms with E-state index >= 15 is 0 Å². The van der Waals surface area contributed by atoms with Gasteiger partial charge < -0.3 is 0 Å². The van der Waals surface area contributed by atoms with Crippen LogP contribution in [0, 0.1) is 28.1 Å². The van der Waals surface area contributed by atoms with Crippen molar-refractivity contribution in [2.75, 3.05) is 0 Å². The first-order chi connectivity index (χ1) is 7.31. The van der Waals surface area contributed by atoms with Gasteiger partial charge in [-0.25, -0.2) is 0 Å². The lowest BCUT2D eigenvalue weighted by atomic mass is 10.1. The number of hydrogen-bond acceptors (Lipinski definition) is 3. The summed E-state index contributed by atoms with van der Waals surface area (Å²) in [6, 6.07) is 12.8. The molecule has 0 spiro atoms. The fraction of sp³-hybridized carbons (Fsp3) is 0. The van der Waals surface area contributed by atoms with Crippen molar-refractivity contribution in [3.63, 3.8) is 0 Å². The van der Waals surface area contributed by atoms with E-state index in [2.05, 4.69) is 0 Å². The Morgan fingerprint density at radius 1 is 1.13 bits per heavy atom. The van der Waals surface area contributed by atoms with Crippen LogP contribution in [-0.2, 0) is 0 Å². The summed E-state index contributed by atoms with van der Waals surface area (Å²) < 4.78 is 0. The van der Waals surface area contributed by atoms with Gasteiger partial charge >= 0.3 is 0 Å². The summed E-state index contributed by atoms with van der Waals surface area (Å²) in [5.74, 6) is 1.94. The minimum Gasteiger partial charge on any atom is -0.258 e. The molecule has 70 valence electrons. The Hall–Kier alpha value is -2.61. The van der Waals surface area contributed by atoms with Crippen LogP contribution in [0.1, 0.15) is 5.56 Å². The number of allylic oxidation sites excluding steroid dienone is 2. The van der Waals surface area contributed by atoms with E-state index in [1.165, 1.54) is 0 Å². The van der Waals surface area contributed by atoms with Crippen molar-refractivity contribution in [1.29, 1.82) is 15.9 Å². The van der Waals surface area contributed by atoms with Gasteiger partial charge in [0.15, 0.2) is 0 Å². The summed E-state index contributed by atoms with van der Waals surface area (Å²) in [4.78, 5) is 0. The molecule has 1 N–H and O–H groups in total. The standard InChI is InChI=1S/C12H7N3/c13-7-11(12(8-14)9-15)6-10-4-2-1-3-5-10/h1-6,14H/b11-6+. The summed E-state index contributed by atoms with van der Waals surface area (Å²) in [6.45, 7) is 0. The molecular formula is C12H7N3. The molecule has 0 saturated heterocycles. The third-order valence-electron chi connectivity index (χ3n) is 1.74. The van der Waals surface area contributed by atoms with Crippen molar-refractivity contribution < 1.29 is 0 Å². The van der Waals surface area contributed by atoms with Crippen LogP contribution in [-0.4, -0.2) is 5.87 Å². The molecule has 0 aliphatic heterocycles. The van der Waals surface area contributed by atoms with Crippen LogP contribution in [0.5, 0.6) is 0 Å². The Morgan fingerprint density at radius 2 is 1.80 bits per heavy atom. The van der Waals surface area contributed by atoms with Crippen LogP contribution in [0.3, 0.4) is 0 Å². The van der Waals surface area contributed by atoms with Gasteiger partial charge in [-0.1, -0.05) is 30.3 Å². The second-order valence-electron chi connectivity index (χ2n) is 2.69. The Balaban J connectivity index is 3.17. The predicted octanol–water partition coefficient (Wildman–Crippen LogP) is 2.29. The molecule has 0 fully saturated rings. The first-order valence-electron chi connectivity index (χ1n) is 4.19. The fourth-order valence-electron chi connectivity index (χ4n) is 1.03. The van der Waals surface area contributed by atoms with Gasteiger partial charge in [0, 0.05) is 0 Å².